The number of nitrogens with one attached hydrogen (secondary N) is 1. The van der Waals surface area contributed by atoms with E-state index in [2.05, 4.69) is 9.97 Å². The summed E-state index contributed by atoms with van der Waals surface area (Å²) in [6.45, 7) is 0. The first-order valence-electron chi connectivity index (χ1n) is 5.23. The van der Waals surface area contributed by atoms with E-state index in [0.29, 0.717) is 0 Å². The van der Waals surface area contributed by atoms with Gasteiger partial charge in [0.25, 0.3) is 11.6 Å². The van der Waals surface area contributed by atoms with E-state index in [-0.39, 0.29) is 5.75 Å². The van der Waals surface area contributed by atoms with E-state index in [9.17, 15) is 19.7 Å². The molecule has 20 heavy (non-hydrogen) atoms. The van der Waals surface area contributed by atoms with Crippen LogP contribution in [-0.2, 0) is 0 Å². The normalized spacial score (nSPS) is 10.0. The number of benzene rings is 1. The van der Waals surface area contributed by atoms with E-state index in [4.69, 9.17) is 9.84 Å². The summed E-state index contributed by atoms with van der Waals surface area (Å²) in [5.41, 5.74) is -1.97. The molecule has 0 bridgehead atoms. The Balaban J connectivity index is 2.55. The van der Waals surface area contributed by atoms with E-state index < -0.39 is 33.6 Å². The number of carboxylic acids is 1. The Labute approximate surface area is 110 Å². The van der Waals surface area contributed by atoms with Crippen LogP contribution < -0.4 is 10.3 Å². The maximum absolute atomic E-state index is 11.4. The topological polar surface area (TPSA) is 135 Å². The molecule has 0 saturated carbocycles. The number of rotatable bonds is 4. The molecule has 0 amide bonds. The van der Waals surface area contributed by atoms with Gasteiger partial charge >= 0.3 is 11.5 Å². The lowest BCUT2D eigenvalue weighted by Gasteiger charge is -2.06. The maximum Gasteiger partial charge on any atom is 0.346 e. The van der Waals surface area contributed by atoms with Crippen molar-refractivity contribution < 1.29 is 19.6 Å². The number of nitrogens with zero attached hydrogens (tertiary/aromatic N) is 2. The number of ether oxygens (including phenoxy) is 1. The second kappa shape index (κ2) is 5.18. The van der Waals surface area contributed by atoms with Crippen LogP contribution in [0.2, 0.25) is 0 Å². The zero-order valence-corrected chi connectivity index (χ0v) is 9.77. The molecule has 0 spiro atoms. The van der Waals surface area contributed by atoms with Crippen LogP contribution in [0, 0.1) is 10.1 Å². The predicted octanol–water partition coefficient (Wildman–Crippen LogP) is 1.17. The van der Waals surface area contributed by atoms with Gasteiger partial charge in [-0.1, -0.05) is 6.07 Å². The third-order valence-corrected chi connectivity index (χ3v) is 2.30. The quantitative estimate of drug-likeness (QED) is 0.632. The number of aromatic nitrogens is 2. The molecule has 0 saturated heterocycles. The zero-order chi connectivity index (χ0) is 14.7. The van der Waals surface area contributed by atoms with Crippen LogP contribution in [0.3, 0.4) is 0 Å². The molecule has 0 aliphatic carbocycles. The fourth-order valence-corrected chi connectivity index (χ4v) is 1.49. The molecule has 0 aliphatic heterocycles. The van der Waals surface area contributed by atoms with E-state index in [1.807, 2.05) is 0 Å². The molecule has 1 heterocycles. The molecule has 1 aromatic heterocycles. The van der Waals surface area contributed by atoms with Gasteiger partial charge in [0.2, 0.25) is 0 Å². The smallest absolute Gasteiger partial charge is 0.346 e. The minimum absolute atomic E-state index is 0.337. The molecule has 2 rings (SSSR count). The highest BCUT2D eigenvalue weighted by atomic mass is 16.6. The number of nitro benzene ring substituents is 1. The molecule has 0 unspecified atom stereocenters. The van der Waals surface area contributed by atoms with Gasteiger partial charge in [0.15, 0.2) is 11.3 Å². The lowest BCUT2D eigenvalue weighted by molar-refractivity contribution is -0.385. The first kappa shape index (κ1) is 13.2. The van der Waals surface area contributed by atoms with Gasteiger partial charge in [-0.25, -0.2) is 9.78 Å². The van der Waals surface area contributed by atoms with Crippen LogP contribution >= 0.6 is 0 Å². The van der Waals surface area contributed by atoms with Crippen molar-refractivity contribution in [2.75, 3.05) is 0 Å². The third kappa shape index (κ3) is 2.46. The number of aromatic amines is 1. The third-order valence-electron chi connectivity index (χ3n) is 2.30. The van der Waals surface area contributed by atoms with Crippen LogP contribution in [-0.4, -0.2) is 26.0 Å². The minimum atomic E-state index is -1.54. The van der Waals surface area contributed by atoms with Crippen molar-refractivity contribution in [2.45, 2.75) is 0 Å². The van der Waals surface area contributed by atoms with E-state index in [1.54, 1.807) is 0 Å². The molecule has 0 radical (unpaired) electrons. The molecular weight excluding hydrogens is 270 g/mol. The summed E-state index contributed by atoms with van der Waals surface area (Å²) in [6.07, 6.45) is 2.50. The summed E-state index contributed by atoms with van der Waals surface area (Å²) < 4.78 is 5.05. The summed E-state index contributed by atoms with van der Waals surface area (Å²) >= 11 is 0. The highest BCUT2D eigenvalue weighted by molar-refractivity contribution is 5.95. The van der Waals surface area contributed by atoms with Gasteiger partial charge in [-0.2, -0.15) is 0 Å². The van der Waals surface area contributed by atoms with Crippen molar-refractivity contribution in [3.63, 3.8) is 0 Å². The van der Waals surface area contributed by atoms with Gasteiger partial charge in [0, 0.05) is 18.5 Å². The molecule has 0 aliphatic rings. The Morgan fingerprint density at radius 1 is 1.45 bits per heavy atom. The highest BCUT2D eigenvalue weighted by Gasteiger charge is 2.25. The van der Waals surface area contributed by atoms with Crippen molar-refractivity contribution in [1.29, 1.82) is 0 Å². The van der Waals surface area contributed by atoms with Crippen LogP contribution in [0.1, 0.15) is 10.4 Å². The SMILES string of the molecule is O=C(O)c1c(Oc2ncc[nH]c2=O)cccc1[N+](=O)[O-]. The van der Waals surface area contributed by atoms with E-state index >= 15 is 0 Å². The Bertz CT molecular complexity index is 739. The summed E-state index contributed by atoms with van der Waals surface area (Å²) in [5.74, 6) is -2.29. The van der Waals surface area contributed by atoms with Crippen molar-refractivity contribution in [1.82, 2.24) is 9.97 Å². The number of H-pyrrole nitrogens is 1. The van der Waals surface area contributed by atoms with E-state index in [1.165, 1.54) is 24.5 Å². The van der Waals surface area contributed by atoms with Gasteiger partial charge in [0.05, 0.1) is 4.92 Å². The molecule has 2 aromatic rings. The predicted molar refractivity (Wildman–Crippen MR) is 65.0 cm³/mol. The molecule has 9 nitrogen and oxygen atoms in total. The standard InChI is InChI=1S/C11H7N3O6/c15-9-10(13-5-4-12-9)20-7-3-1-2-6(14(18)19)8(7)11(16)17/h1-5H,(H,12,15)(H,16,17). The Kier molecular flexibility index (Phi) is 3.42. The van der Waals surface area contributed by atoms with Gasteiger partial charge < -0.3 is 14.8 Å². The van der Waals surface area contributed by atoms with Gasteiger partial charge in [-0.15, -0.1) is 0 Å². The molecule has 0 fully saturated rings. The summed E-state index contributed by atoms with van der Waals surface area (Å²) in [6, 6.07) is 3.47. The molecular formula is C11H7N3O6. The second-order valence-electron chi connectivity index (χ2n) is 3.54. The number of carboxylic acid groups (broad SMARTS) is 1. The average molecular weight is 277 g/mol. The first-order chi connectivity index (χ1) is 9.50. The van der Waals surface area contributed by atoms with Crippen LogP contribution in [0.5, 0.6) is 11.6 Å². The zero-order valence-electron chi connectivity index (χ0n) is 9.77. The summed E-state index contributed by atoms with van der Waals surface area (Å²) in [4.78, 5) is 38.4. The number of aromatic carboxylic acids is 1. The second-order valence-corrected chi connectivity index (χ2v) is 3.54. The summed E-state index contributed by atoms with van der Waals surface area (Å²) in [7, 11) is 0. The fraction of sp³-hybridized carbons (Fsp3) is 0. The lowest BCUT2D eigenvalue weighted by atomic mass is 10.1. The fourth-order valence-electron chi connectivity index (χ4n) is 1.49. The maximum atomic E-state index is 11.4. The van der Waals surface area contributed by atoms with Gasteiger partial charge in [0.1, 0.15) is 0 Å². The molecule has 9 heteroatoms. The Morgan fingerprint density at radius 3 is 2.80 bits per heavy atom. The lowest BCUT2D eigenvalue weighted by Crippen LogP contribution is -2.11. The molecule has 2 N–H and O–H groups in total. The average Bonchev–Trinajstić information content (AvgIpc) is 2.40. The van der Waals surface area contributed by atoms with Gasteiger partial charge in [-0.3, -0.25) is 14.9 Å². The largest absolute Gasteiger partial charge is 0.477 e. The van der Waals surface area contributed by atoms with Crippen molar-refractivity contribution in [2.24, 2.45) is 0 Å². The number of hydrogen-bond acceptors (Lipinski definition) is 6. The monoisotopic (exact) mass is 277 g/mol. The van der Waals surface area contributed by atoms with Gasteiger partial charge in [-0.05, 0) is 6.07 Å². The van der Waals surface area contributed by atoms with Crippen molar-refractivity contribution >= 4 is 11.7 Å². The van der Waals surface area contributed by atoms with Crippen molar-refractivity contribution in [3.05, 3.63) is 56.6 Å². The van der Waals surface area contributed by atoms with Crippen LogP contribution in [0.25, 0.3) is 0 Å². The first-order valence-corrected chi connectivity index (χ1v) is 5.23. The van der Waals surface area contributed by atoms with Crippen LogP contribution in [0.15, 0.2) is 35.4 Å². The molecule has 0 atom stereocenters. The van der Waals surface area contributed by atoms with Crippen LogP contribution in [0.4, 0.5) is 5.69 Å². The molecule has 1 aromatic carbocycles. The summed E-state index contributed by atoms with van der Waals surface area (Å²) in [5, 5.41) is 19.9. The highest BCUT2D eigenvalue weighted by Crippen LogP contribution is 2.30. The number of nitro groups is 1. The van der Waals surface area contributed by atoms with E-state index in [0.717, 1.165) is 6.07 Å². The van der Waals surface area contributed by atoms with Crippen molar-refractivity contribution in [3.8, 4) is 11.6 Å². The number of carbonyl (C=O) groups is 1. The Morgan fingerprint density at radius 2 is 2.20 bits per heavy atom. The molecule has 102 valence electrons. The Hall–Kier alpha value is -3.23. The minimum Gasteiger partial charge on any atom is -0.477 e. The number of hydrogen-bond donors (Lipinski definition) is 2.